The van der Waals surface area contributed by atoms with Crippen molar-refractivity contribution >= 4 is 10.9 Å². The zero-order chi connectivity index (χ0) is 12.2. The van der Waals surface area contributed by atoms with Crippen LogP contribution in [0.3, 0.4) is 0 Å². The van der Waals surface area contributed by atoms with Crippen molar-refractivity contribution in [2.24, 2.45) is 5.92 Å². The average Bonchev–Trinajstić information content (AvgIpc) is 2.50. The SMILES string of the molecule is C1CN2CCC1CC2.c1ccc2ncccc2c1. The molecule has 4 heterocycles. The number of nitrogens with zero attached hydrogens (tertiary/aromatic N) is 2. The first-order valence-corrected chi connectivity index (χ1v) is 6.94. The fourth-order valence-electron chi connectivity index (χ4n) is 2.88. The van der Waals surface area contributed by atoms with E-state index in [0.29, 0.717) is 0 Å². The molecule has 0 unspecified atom stereocenters. The van der Waals surface area contributed by atoms with Gasteiger partial charge in [0.05, 0.1) is 5.52 Å². The summed E-state index contributed by atoms with van der Waals surface area (Å²) in [5, 5.41) is 1.20. The minimum atomic E-state index is 1.06. The molecule has 1 aromatic heterocycles. The molecule has 2 nitrogen and oxygen atoms in total. The Morgan fingerprint density at radius 2 is 1.56 bits per heavy atom. The summed E-state index contributed by atoms with van der Waals surface area (Å²) in [5.41, 5.74) is 1.06. The lowest BCUT2D eigenvalue weighted by Crippen LogP contribution is -2.41. The normalized spacial score (nSPS) is 25.6. The quantitative estimate of drug-likeness (QED) is 0.702. The van der Waals surface area contributed by atoms with Gasteiger partial charge in [0.25, 0.3) is 0 Å². The van der Waals surface area contributed by atoms with E-state index in [1.807, 2.05) is 30.5 Å². The molecule has 2 aromatic rings. The van der Waals surface area contributed by atoms with Crippen LogP contribution in [0.2, 0.25) is 0 Å². The zero-order valence-electron chi connectivity index (χ0n) is 10.8. The Labute approximate surface area is 109 Å². The molecule has 5 rings (SSSR count). The standard InChI is InChI=1S/C9H7N.C7H13N/c1-2-6-9-8(4-1)5-3-7-10-9;1-4-8-5-2-7(1)3-6-8/h1-7H;7H,1-6H2. The number of aromatic nitrogens is 1. The highest BCUT2D eigenvalue weighted by Crippen LogP contribution is 2.26. The summed E-state index contributed by atoms with van der Waals surface area (Å²) in [7, 11) is 0. The number of benzene rings is 1. The Morgan fingerprint density at radius 3 is 2.11 bits per heavy atom. The van der Waals surface area contributed by atoms with E-state index in [0.717, 1.165) is 11.4 Å². The topological polar surface area (TPSA) is 16.1 Å². The second-order valence-electron chi connectivity index (χ2n) is 5.27. The highest BCUT2D eigenvalue weighted by molar-refractivity contribution is 5.77. The number of para-hydroxylation sites is 1. The Balaban J connectivity index is 0.000000114. The van der Waals surface area contributed by atoms with Crippen LogP contribution in [-0.4, -0.2) is 29.5 Å². The highest BCUT2D eigenvalue weighted by atomic mass is 15.1. The van der Waals surface area contributed by atoms with E-state index in [9.17, 15) is 0 Å². The molecule has 3 aliphatic rings. The van der Waals surface area contributed by atoms with Crippen LogP contribution < -0.4 is 0 Å². The van der Waals surface area contributed by atoms with Crippen LogP contribution in [-0.2, 0) is 0 Å². The molecule has 2 bridgehead atoms. The van der Waals surface area contributed by atoms with E-state index in [4.69, 9.17) is 0 Å². The molecule has 3 saturated heterocycles. The summed E-state index contributed by atoms with van der Waals surface area (Å²) in [6, 6.07) is 12.1. The third kappa shape index (κ3) is 2.70. The molecule has 1 aromatic carbocycles. The maximum Gasteiger partial charge on any atom is 0.0701 e. The summed E-state index contributed by atoms with van der Waals surface area (Å²) < 4.78 is 0. The predicted octanol–water partition coefficient (Wildman–Crippen LogP) is 3.34. The minimum Gasteiger partial charge on any atom is -0.303 e. The summed E-state index contributed by atoms with van der Waals surface area (Å²) >= 11 is 0. The first-order chi connectivity index (χ1) is 8.92. The molecule has 0 aliphatic carbocycles. The molecule has 94 valence electrons. The molecule has 0 saturated carbocycles. The van der Waals surface area contributed by atoms with Crippen LogP contribution in [0.1, 0.15) is 19.3 Å². The van der Waals surface area contributed by atoms with E-state index >= 15 is 0 Å². The summed E-state index contributed by atoms with van der Waals surface area (Å²) in [6.07, 6.45) is 6.27. The van der Waals surface area contributed by atoms with E-state index in [-0.39, 0.29) is 0 Å². The highest BCUT2D eigenvalue weighted by Gasteiger charge is 2.24. The second kappa shape index (κ2) is 5.49. The first kappa shape index (κ1) is 11.7. The fourth-order valence-corrected chi connectivity index (χ4v) is 2.88. The van der Waals surface area contributed by atoms with Gasteiger partial charge in [0.15, 0.2) is 0 Å². The number of hydrogen-bond acceptors (Lipinski definition) is 2. The van der Waals surface area contributed by atoms with Gasteiger partial charge in [-0.1, -0.05) is 24.3 Å². The fraction of sp³-hybridized carbons (Fsp3) is 0.438. The van der Waals surface area contributed by atoms with E-state index < -0.39 is 0 Å². The van der Waals surface area contributed by atoms with E-state index in [1.165, 1.54) is 44.3 Å². The Kier molecular flexibility index (Phi) is 3.56. The summed E-state index contributed by atoms with van der Waals surface area (Å²) in [5.74, 6) is 1.11. The third-order valence-corrected chi connectivity index (χ3v) is 4.07. The van der Waals surface area contributed by atoms with Gasteiger partial charge in [-0.15, -0.1) is 0 Å². The van der Waals surface area contributed by atoms with Crippen molar-refractivity contribution in [1.82, 2.24) is 9.88 Å². The smallest absolute Gasteiger partial charge is 0.0701 e. The molecule has 18 heavy (non-hydrogen) atoms. The number of pyridine rings is 1. The van der Waals surface area contributed by atoms with Crippen molar-refractivity contribution in [3.8, 4) is 0 Å². The largest absolute Gasteiger partial charge is 0.303 e. The average molecular weight is 240 g/mol. The Hall–Kier alpha value is -1.41. The minimum absolute atomic E-state index is 1.06. The van der Waals surface area contributed by atoms with Crippen LogP contribution in [0.15, 0.2) is 42.6 Å². The number of hydrogen-bond donors (Lipinski definition) is 0. The maximum atomic E-state index is 4.18. The lowest BCUT2D eigenvalue weighted by molar-refractivity contribution is 0.111. The lowest BCUT2D eigenvalue weighted by Gasteiger charge is -2.38. The van der Waals surface area contributed by atoms with Crippen LogP contribution in [0.5, 0.6) is 0 Å². The maximum absolute atomic E-state index is 4.18. The molecule has 0 amide bonds. The first-order valence-electron chi connectivity index (χ1n) is 6.94. The van der Waals surface area contributed by atoms with Crippen molar-refractivity contribution in [3.05, 3.63) is 42.6 Å². The molecular formula is C16H20N2. The molecular weight excluding hydrogens is 220 g/mol. The lowest BCUT2D eigenvalue weighted by atomic mass is 9.89. The molecule has 3 fully saturated rings. The van der Waals surface area contributed by atoms with Crippen LogP contribution in [0.25, 0.3) is 10.9 Å². The van der Waals surface area contributed by atoms with Crippen LogP contribution in [0, 0.1) is 5.92 Å². The Morgan fingerprint density at radius 1 is 0.889 bits per heavy atom. The summed E-state index contributed by atoms with van der Waals surface area (Å²) in [6.45, 7) is 4.18. The van der Waals surface area contributed by atoms with Gasteiger partial charge in [0.2, 0.25) is 0 Å². The van der Waals surface area contributed by atoms with Crippen LogP contribution >= 0.6 is 0 Å². The van der Waals surface area contributed by atoms with Gasteiger partial charge >= 0.3 is 0 Å². The van der Waals surface area contributed by atoms with Gasteiger partial charge < -0.3 is 4.90 Å². The Bertz CT molecular complexity index is 413. The van der Waals surface area contributed by atoms with Crippen molar-refractivity contribution in [1.29, 1.82) is 0 Å². The molecule has 2 heteroatoms. The molecule has 0 N–H and O–H groups in total. The van der Waals surface area contributed by atoms with Crippen molar-refractivity contribution in [2.75, 3.05) is 19.6 Å². The summed E-state index contributed by atoms with van der Waals surface area (Å²) in [4.78, 5) is 6.76. The zero-order valence-corrected chi connectivity index (χ0v) is 10.8. The van der Waals surface area contributed by atoms with E-state index in [2.05, 4.69) is 22.0 Å². The van der Waals surface area contributed by atoms with Crippen molar-refractivity contribution < 1.29 is 0 Å². The number of piperidine rings is 3. The monoisotopic (exact) mass is 240 g/mol. The molecule has 0 radical (unpaired) electrons. The van der Waals surface area contributed by atoms with Gasteiger partial charge in [0.1, 0.15) is 0 Å². The van der Waals surface area contributed by atoms with Gasteiger partial charge in [-0.2, -0.15) is 0 Å². The van der Waals surface area contributed by atoms with E-state index in [1.54, 1.807) is 0 Å². The molecule has 0 spiro atoms. The second-order valence-corrected chi connectivity index (χ2v) is 5.27. The van der Waals surface area contributed by atoms with Gasteiger partial charge in [-0.3, -0.25) is 4.98 Å². The van der Waals surface area contributed by atoms with Crippen molar-refractivity contribution in [2.45, 2.75) is 19.3 Å². The third-order valence-electron chi connectivity index (χ3n) is 4.07. The molecule has 0 atom stereocenters. The molecule has 3 aliphatic heterocycles. The van der Waals surface area contributed by atoms with Gasteiger partial charge in [-0.25, -0.2) is 0 Å². The number of rotatable bonds is 0. The van der Waals surface area contributed by atoms with Crippen LogP contribution in [0.4, 0.5) is 0 Å². The van der Waals surface area contributed by atoms with Gasteiger partial charge in [0, 0.05) is 11.6 Å². The number of fused-ring (bicyclic) bond motifs is 4. The van der Waals surface area contributed by atoms with Gasteiger partial charge in [-0.05, 0) is 56.9 Å². The van der Waals surface area contributed by atoms with Crippen molar-refractivity contribution in [3.63, 3.8) is 0 Å². The predicted molar refractivity (Wildman–Crippen MR) is 75.5 cm³/mol.